The predicted molar refractivity (Wildman–Crippen MR) is 51.6 cm³/mol. The van der Waals surface area contributed by atoms with Crippen LogP contribution in [0, 0.1) is 0 Å². The standard InChI is InChI=1S/C8H18N2Si/c1-8-6-7-9(2)10(8)11(3,4)5/h6H,7H2,1-5H3. The highest BCUT2D eigenvalue weighted by Crippen LogP contribution is 2.22. The molecule has 0 aromatic heterocycles. The van der Waals surface area contributed by atoms with Crippen molar-refractivity contribution in [3.05, 3.63) is 11.8 Å². The van der Waals surface area contributed by atoms with E-state index < -0.39 is 8.24 Å². The summed E-state index contributed by atoms with van der Waals surface area (Å²) < 4.78 is 2.47. The molecular weight excluding hydrogens is 152 g/mol. The first-order valence-electron chi connectivity index (χ1n) is 4.11. The van der Waals surface area contributed by atoms with Crippen molar-refractivity contribution in [3.63, 3.8) is 0 Å². The molecule has 0 N–H and O–H groups in total. The topological polar surface area (TPSA) is 6.48 Å². The van der Waals surface area contributed by atoms with E-state index in [0.29, 0.717) is 0 Å². The Bertz CT molecular complexity index is 181. The molecule has 0 radical (unpaired) electrons. The van der Waals surface area contributed by atoms with Crippen molar-refractivity contribution in [3.8, 4) is 0 Å². The highest BCUT2D eigenvalue weighted by atomic mass is 28.3. The lowest BCUT2D eigenvalue weighted by Crippen LogP contribution is -2.50. The van der Waals surface area contributed by atoms with Crippen molar-refractivity contribution in [1.29, 1.82) is 0 Å². The Balaban J connectivity index is 2.78. The quantitative estimate of drug-likeness (QED) is 0.555. The van der Waals surface area contributed by atoms with Crippen molar-refractivity contribution < 1.29 is 0 Å². The lowest BCUT2D eigenvalue weighted by Gasteiger charge is -2.39. The Morgan fingerprint density at radius 3 is 2.09 bits per heavy atom. The average molecular weight is 170 g/mol. The van der Waals surface area contributed by atoms with Crippen molar-refractivity contribution in [2.45, 2.75) is 26.6 Å². The number of hydrogen-bond acceptors (Lipinski definition) is 2. The van der Waals surface area contributed by atoms with Crippen molar-refractivity contribution >= 4 is 8.24 Å². The first-order chi connectivity index (χ1) is 4.93. The van der Waals surface area contributed by atoms with E-state index in [2.05, 4.69) is 49.4 Å². The van der Waals surface area contributed by atoms with Gasteiger partial charge in [-0.15, -0.1) is 0 Å². The number of hydrogen-bond donors (Lipinski definition) is 0. The van der Waals surface area contributed by atoms with Gasteiger partial charge in [0.15, 0.2) is 8.24 Å². The van der Waals surface area contributed by atoms with E-state index in [4.69, 9.17) is 0 Å². The van der Waals surface area contributed by atoms with Gasteiger partial charge < -0.3 is 4.67 Å². The fourth-order valence-corrected chi connectivity index (χ4v) is 4.00. The van der Waals surface area contributed by atoms with Crippen molar-refractivity contribution in [1.82, 2.24) is 9.68 Å². The van der Waals surface area contributed by atoms with Gasteiger partial charge in [-0.05, 0) is 13.0 Å². The summed E-state index contributed by atoms with van der Waals surface area (Å²) >= 11 is 0. The highest BCUT2D eigenvalue weighted by Gasteiger charge is 2.30. The summed E-state index contributed by atoms with van der Waals surface area (Å²) in [5, 5.41) is 2.31. The lowest BCUT2D eigenvalue weighted by atomic mass is 10.5. The van der Waals surface area contributed by atoms with Gasteiger partial charge in [-0.3, -0.25) is 0 Å². The second kappa shape index (κ2) is 2.64. The zero-order valence-corrected chi connectivity index (χ0v) is 9.18. The number of nitrogens with zero attached hydrogens (tertiary/aromatic N) is 2. The van der Waals surface area contributed by atoms with Crippen molar-refractivity contribution in [2.75, 3.05) is 13.6 Å². The maximum absolute atomic E-state index is 2.47. The summed E-state index contributed by atoms with van der Waals surface area (Å²) in [6.45, 7) is 10.4. The summed E-state index contributed by atoms with van der Waals surface area (Å²) in [5.74, 6) is 0. The second-order valence-corrected chi connectivity index (χ2v) is 8.93. The van der Waals surface area contributed by atoms with Crippen LogP contribution in [0.2, 0.25) is 19.6 Å². The van der Waals surface area contributed by atoms with Crippen LogP contribution in [0.15, 0.2) is 11.8 Å². The average Bonchev–Trinajstić information content (AvgIpc) is 2.08. The fourth-order valence-electron chi connectivity index (χ4n) is 1.74. The number of likely N-dealkylation sites (N-methyl/N-ethyl adjacent to an activating group) is 1. The third kappa shape index (κ3) is 1.65. The molecule has 0 aliphatic carbocycles. The Labute approximate surface area is 70.5 Å². The van der Waals surface area contributed by atoms with Crippen LogP contribution < -0.4 is 0 Å². The van der Waals surface area contributed by atoms with E-state index >= 15 is 0 Å². The van der Waals surface area contributed by atoms with Gasteiger partial charge in [-0.25, -0.2) is 5.01 Å². The van der Waals surface area contributed by atoms with Crippen LogP contribution in [0.5, 0.6) is 0 Å². The van der Waals surface area contributed by atoms with Gasteiger partial charge in [0.05, 0.1) is 0 Å². The second-order valence-electron chi connectivity index (χ2n) is 4.17. The molecule has 0 unspecified atom stereocenters. The first-order valence-corrected chi connectivity index (χ1v) is 7.55. The lowest BCUT2D eigenvalue weighted by molar-refractivity contribution is 0.160. The summed E-state index contributed by atoms with van der Waals surface area (Å²) in [7, 11) is 0.999. The minimum atomic E-state index is -1.16. The number of rotatable bonds is 1. The van der Waals surface area contributed by atoms with Crippen LogP contribution in [-0.4, -0.2) is 31.5 Å². The molecule has 0 saturated heterocycles. The number of allylic oxidation sites excluding steroid dienone is 1. The first kappa shape index (κ1) is 8.81. The molecule has 2 nitrogen and oxygen atoms in total. The summed E-state index contributed by atoms with van der Waals surface area (Å²) in [6, 6.07) is 0. The zero-order valence-electron chi connectivity index (χ0n) is 8.18. The fraction of sp³-hybridized carbons (Fsp3) is 0.750. The Kier molecular flexibility index (Phi) is 2.12. The molecule has 0 amide bonds. The van der Waals surface area contributed by atoms with E-state index in [9.17, 15) is 0 Å². The summed E-state index contributed by atoms with van der Waals surface area (Å²) in [5.41, 5.74) is 1.42. The zero-order chi connectivity index (χ0) is 8.65. The Morgan fingerprint density at radius 2 is 1.91 bits per heavy atom. The molecule has 1 heterocycles. The predicted octanol–water partition coefficient (Wildman–Crippen LogP) is 1.89. The molecule has 0 atom stereocenters. The minimum absolute atomic E-state index is 1.08. The molecule has 0 bridgehead atoms. The highest BCUT2D eigenvalue weighted by molar-refractivity contribution is 6.73. The van der Waals surface area contributed by atoms with Crippen LogP contribution in [0.4, 0.5) is 0 Å². The van der Waals surface area contributed by atoms with E-state index in [1.54, 1.807) is 0 Å². The minimum Gasteiger partial charge on any atom is -0.338 e. The maximum Gasteiger partial charge on any atom is 0.167 e. The molecule has 11 heavy (non-hydrogen) atoms. The molecule has 0 fully saturated rings. The molecule has 0 aromatic rings. The summed E-state index contributed by atoms with van der Waals surface area (Å²) in [4.78, 5) is 0. The SMILES string of the molecule is CC1=CCN(C)N1[Si](C)(C)C. The molecule has 0 saturated carbocycles. The third-order valence-corrected chi connectivity index (χ3v) is 3.93. The maximum atomic E-state index is 2.47. The van der Waals surface area contributed by atoms with E-state index in [0.717, 1.165) is 6.54 Å². The van der Waals surface area contributed by atoms with Gasteiger partial charge in [-0.1, -0.05) is 19.6 Å². The van der Waals surface area contributed by atoms with E-state index in [-0.39, 0.29) is 0 Å². The molecule has 0 aromatic carbocycles. The summed E-state index contributed by atoms with van der Waals surface area (Å²) in [6.07, 6.45) is 2.29. The molecular formula is C8H18N2Si. The smallest absolute Gasteiger partial charge is 0.167 e. The third-order valence-electron chi connectivity index (χ3n) is 1.96. The van der Waals surface area contributed by atoms with Crippen LogP contribution in [-0.2, 0) is 0 Å². The largest absolute Gasteiger partial charge is 0.338 e. The van der Waals surface area contributed by atoms with Crippen LogP contribution >= 0.6 is 0 Å². The molecule has 1 aliphatic rings. The van der Waals surface area contributed by atoms with Gasteiger partial charge in [0.2, 0.25) is 0 Å². The van der Waals surface area contributed by atoms with Gasteiger partial charge in [0, 0.05) is 19.3 Å². The molecule has 1 rings (SSSR count). The molecule has 0 spiro atoms. The van der Waals surface area contributed by atoms with Crippen LogP contribution in [0.3, 0.4) is 0 Å². The van der Waals surface area contributed by atoms with Crippen molar-refractivity contribution in [2.24, 2.45) is 0 Å². The van der Waals surface area contributed by atoms with Crippen LogP contribution in [0.25, 0.3) is 0 Å². The van der Waals surface area contributed by atoms with E-state index in [1.807, 2.05) is 0 Å². The molecule has 1 aliphatic heterocycles. The Hall–Kier alpha value is -0.283. The molecule has 64 valence electrons. The van der Waals surface area contributed by atoms with Gasteiger partial charge >= 0.3 is 0 Å². The monoisotopic (exact) mass is 170 g/mol. The van der Waals surface area contributed by atoms with Gasteiger partial charge in [0.1, 0.15) is 0 Å². The van der Waals surface area contributed by atoms with Crippen LogP contribution in [0.1, 0.15) is 6.92 Å². The van der Waals surface area contributed by atoms with Gasteiger partial charge in [-0.2, -0.15) is 0 Å². The van der Waals surface area contributed by atoms with E-state index in [1.165, 1.54) is 5.70 Å². The molecule has 3 heteroatoms. The normalized spacial score (nSPS) is 20.8. The number of hydrazine groups is 1. The Morgan fingerprint density at radius 1 is 1.36 bits per heavy atom. The van der Waals surface area contributed by atoms with Gasteiger partial charge in [0.25, 0.3) is 0 Å².